The fourth-order valence-electron chi connectivity index (χ4n) is 11.0. The normalized spacial score (nSPS) is 13.1. The first-order valence-corrected chi connectivity index (χ1v) is 23.4. The zero-order valence-electron chi connectivity index (χ0n) is 37.8. The van der Waals surface area contributed by atoms with Crippen LogP contribution in [0.25, 0.3) is 71.7 Å². The van der Waals surface area contributed by atoms with Crippen LogP contribution in [0.15, 0.2) is 271 Å². The second-order valence-electron chi connectivity index (χ2n) is 17.6. The van der Waals surface area contributed by atoms with Gasteiger partial charge in [0.05, 0.1) is 16.8 Å². The molecule has 0 aliphatic heterocycles. The van der Waals surface area contributed by atoms with E-state index in [9.17, 15) is 0 Å². The minimum absolute atomic E-state index is 0.552. The maximum absolute atomic E-state index is 6.49. The van der Waals surface area contributed by atoms with Gasteiger partial charge >= 0.3 is 0 Å². The molecule has 1 heterocycles. The summed E-state index contributed by atoms with van der Waals surface area (Å²) < 4.78 is 6.49. The van der Waals surface area contributed by atoms with E-state index < -0.39 is 5.41 Å². The van der Waals surface area contributed by atoms with Crippen molar-refractivity contribution in [3.8, 4) is 33.4 Å². The fourth-order valence-corrected chi connectivity index (χ4v) is 11.0. The number of fused-ring (bicyclic) bond motifs is 5. The van der Waals surface area contributed by atoms with Gasteiger partial charge in [0.2, 0.25) is 0 Å². The zero-order chi connectivity index (χ0) is 45.6. The SMILES string of the molecule is C=C/C=C\C1=C(C)C(c2ccccc2)(c2ccccc2)c2cccc(N(c3ccc(-c4ccc(-c5cccc6ccccc56)cc4)cc3)c3ccccc3-c3cccc4oc5ccccc5c34)c21. The highest BCUT2D eigenvalue weighted by molar-refractivity contribution is 6.14. The molecule has 1 aromatic heterocycles. The molecular formula is C66H47NO. The number of benzene rings is 10. The van der Waals surface area contributed by atoms with Gasteiger partial charge in [0, 0.05) is 27.6 Å². The average Bonchev–Trinajstić information content (AvgIpc) is 3.92. The number of anilines is 3. The van der Waals surface area contributed by atoms with Gasteiger partial charge in [-0.1, -0.05) is 225 Å². The van der Waals surface area contributed by atoms with Crippen LogP contribution in [-0.2, 0) is 5.41 Å². The van der Waals surface area contributed by atoms with Crippen molar-refractivity contribution in [2.24, 2.45) is 0 Å². The molecule has 0 atom stereocenters. The lowest BCUT2D eigenvalue weighted by atomic mass is 9.67. The molecule has 322 valence electrons. The van der Waals surface area contributed by atoms with Gasteiger partial charge in [0.15, 0.2) is 0 Å². The molecule has 10 aromatic carbocycles. The molecule has 0 fully saturated rings. The molecular weight excluding hydrogens is 823 g/mol. The first-order valence-electron chi connectivity index (χ1n) is 23.4. The molecule has 1 aliphatic carbocycles. The number of nitrogens with zero attached hydrogens (tertiary/aromatic N) is 1. The summed E-state index contributed by atoms with van der Waals surface area (Å²) in [6, 6.07) is 85.7. The molecule has 2 heteroatoms. The van der Waals surface area contributed by atoms with E-state index in [4.69, 9.17) is 4.42 Å². The molecule has 0 N–H and O–H groups in total. The maximum atomic E-state index is 6.49. The first kappa shape index (κ1) is 40.8. The van der Waals surface area contributed by atoms with Crippen LogP contribution in [0.4, 0.5) is 17.1 Å². The highest BCUT2D eigenvalue weighted by Crippen LogP contribution is 2.58. The van der Waals surface area contributed by atoms with Crippen molar-refractivity contribution in [2.75, 3.05) is 4.90 Å². The van der Waals surface area contributed by atoms with E-state index in [2.05, 4.69) is 261 Å². The number of hydrogen-bond acceptors (Lipinski definition) is 2. The van der Waals surface area contributed by atoms with E-state index in [0.717, 1.165) is 61.3 Å². The first-order chi connectivity index (χ1) is 33.6. The van der Waals surface area contributed by atoms with Gasteiger partial charge in [-0.05, 0) is 110 Å². The largest absolute Gasteiger partial charge is 0.456 e. The summed E-state index contributed by atoms with van der Waals surface area (Å²) in [4.78, 5) is 2.48. The Morgan fingerprint density at radius 1 is 0.456 bits per heavy atom. The van der Waals surface area contributed by atoms with Gasteiger partial charge in [-0.25, -0.2) is 0 Å². The summed E-state index contributed by atoms with van der Waals surface area (Å²) in [5.41, 5.74) is 18.7. The molecule has 0 spiro atoms. The minimum atomic E-state index is -0.552. The van der Waals surface area contributed by atoms with Crippen LogP contribution in [-0.4, -0.2) is 0 Å². The van der Waals surface area contributed by atoms with E-state index in [1.807, 2.05) is 12.1 Å². The van der Waals surface area contributed by atoms with Crippen molar-refractivity contribution in [1.82, 2.24) is 0 Å². The zero-order valence-corrected chi connectivity index (χ0v) is 37.8. The monoisotopic (exact) mass is 869 g/mol. The molecule has 0 amide bonds. The Balaban J connectivity index is 1.08. The molecule has 1 aliphatic rings. The van der Waals surface area contributed by atoms with E-state index in [0.29, 0.717) is 0 Å². The lowest BCUT2D eigenvalue weighted by Crippen LogP contribution is -2.29. The summed E-state index contributed by atoms with van der Waals surface area (Å²) in [5, 5.41) is 4.71. The van der Waals surface area contributed by atoms with E-state index in [-0.39, 0.29) is 0 Å². The summed E-state index contributed by atoms with van der Waals surface area (Å²) in [5.74, 6) is 0. The number of furan rings is 1. The number of hydrogen-bond donors (Lipinski definition) is 0. The highest BCUT2D eigenvalue weighted by atomic mass is 16.3. The smallest absolute Gasteiger partial charge is 0.136 e. The van der Waals surface area contributed by atoms with Crippen molar-refractivity contribution in [1.29, 1.82) is 0 Å². The quantitative estimate of drug-likeness (QED) is 0.127. The Morgan fingerprint density at radius 3 is 1.75 bits per heavy atom. The third-order valence-corrected chi connectivity index (χ3v) is 14.0. The molecule has 11 aromatic rings. The average molecular weight is 870 g/mol. The van der Waals surface area contributed by atoms with E-state index >= 15 is 0 Å². The van der Waals surface area contributed by atoms with Crippen LogP contribution >= 0.6 is 0 Å². The van der Waals surface area contributed by atoms with Gasteiger partial charge in [-0.2, -0.15) is 0 Å². The van der Waals surface area contributed by atoms with Crippen molar-refractivity contribution >= 4 is 55.3 Å². The van der Waals surface area contributed by atoms with Crippen molar-refractivity contribution < 1.29 is 4.42 Å². The Bertz CT molecular complexity index is 3700. The molecule has 0 radical (unpaired) electrons. The highest BCUT2D eigenvalue weighted by Gasteiger charge is 2.46. The molecule has 12 rings (SSSR count). The number of allylic oxidation sites excluding steroid dienone is 5. The lowest BCUT2D eigenvalue weighted by Gasteiger charge is -2.35. The Labute approximate surface area is 397 Å². The summed E-state index contributed by atoms with van der Waals surface area (Å²) >= 11 is 0. The standard InChI is InChI=1S/C66H47NO/c1-3-4-26-53-45(2)66(50-22-7-5-8-23-50,51-24-9-6-10-25-51)59-32-19-34-61(65(53)59)67(60-33-15-13-28-56(60)57-31-18-36-63-64(57)58-29-14-16-35-62(58)68-63)52-43-41-47(42-44-52)46-37-39-49(40-38-46)55-30-17-21-48-20-11-12-27-54(48)55/h3-44H,1H2,2H3/b26-4-. The summed E-state index contributed by atoms with van der Waals surface area (Å²) in [6.07, 6.45) is 6.21. The third-order valence-electron chi connectivity index (χ3n) is 14.0. The second kappa shape index (κ2) is 16.9. The number of rotatable bonds is 10. The van der Waals surface area contributed by atoms with Gasteiger partial charge in [0.1, 0.15) is 11.2 Å². The topological polar surface area (TPSA) is 16.4 Å². The van der Waals surface area contributed by atoms with Crippen molar-refractivity contribution in [3.63, 3.8) is 0 Å². The van der Waals surface area contributed by atoms with E-state index in [1.165, 1.54) is 55.3 Å². The van der Waals surface area contributed by atoms with Crippen LogP contribution in [0.1, 0.15) is 29.2 Å². The van der Waals surface area contributed by atoms with Crippen LogP contribution in [0.5, 0.6) is 0 Å². The van der Waals surface area contributed by atoms with Gasteiger partial charge < -0.3 is 9.32 Å². The summed E-state index contributed by atoms with van der Waals surface area (Å²) in [6.45, 7) is 6.45. The molecule has 0 saturated carbocycles. The number of para-hydroxylation sites is 2. The van der Waals surface area contributed by atoms with Crippen LogP contribution in [0, 0.1) is 0 Å². The summed E-state index contributed by atoms with van der Waals surface area (Å²) in [7, 11) is 0. The van der Waals surface area contributed by atoms with Gasteiger partial charge in [0.25, 0.3) is 0 Å². The van der Waals surface area contributed by atoms with Crippen LogP contribution in [0.3, 0.4) is 0 Å². The molecule has 0 unspecified atom stereocenters. The molecule has 0 saturated heterocycles. The van der Waals surface area contributed by atoms with Gasteiger partial charge in [-0.3, -0.25) is 0 Å². The van der Waals surface area contributed by atoms with Crippen LogP contribution < -0.4 is 4.90 Å². The van der Waals surface area contributed by atoms with Crippen molar-refractivity contribution in [3.05, 3.63) is 289 Å². The Kier molecular flexibility index (Phi) is 10.1. The lowest BCUT2D eigenvalue weighted by molar-refractivity contribution is 0.669. The predicted molar refractivity (Wildman–Crippen MR) is 287 cm³/mol. The van der Waals surface area contributed by atoms with E-state index in [1.54, 1.807) is 0 Å². The Morgan fingerprint density at radius 2 is 1.00 bits per heavy atom. The second-order valence-corrected chi connectivity index (χ2v) is 17.6. The Hall–Kier alpha value is -8.72. The predicted octanol–water partition coefficient (Wildman–Crippen LogP) is 18.1. The fraction of sp³-hybridized carbons (Fsp3) is 0.0303. The maximum Gasteiger partial charge on any atom is 0.136 e. The molecule has 0 bridgehead atoms. The van der Waals surface area contributed by atoms with Crippen LogP contribution in [0.2, 0.25) is 0 Å². The minimum Gasteiger partial charge on any atom is -0.456 e. The molecule has 68 heavy (non-hydrogen) atoms. The van der Waals surface area contributed by atoms with Crippen molar-refractivity contribution in [2.45, 2.75) is 12.3 Å². The van der Waals surface area contributed by atoms with Gasteiger partial charge in [-0.15, -0.1) is 0 Å². The third kappa shape index (κ3) is 6.56. The molecule has 2 nitrogen and oxygen atoms in total.